The second-order valence-electron chi connectivity index (χ2n) is 2.18. The third kappa shape index (κ3) is 1.28. The standard InChI is InChI=1S/C6H11N3/c1-3-5(2)6-7-4-8-9-6/h4-5H,3H2,1-2H3,(H,7,8,9)/t5-/m0/s1. The van der Waals surface area contributed by atoms with Crippen LogP contribution in [0, 0.1) is 0 Å². The molecule has 0 bridgehead atoms. The van der Waals surface area contributed by atoms with E-state index in [-0.39, 0.29) is 0 Å². The largest absolute Gasteiger partial charge is 0.331 e. The van der Waals surface area contributed by atoms with Crippen LogP contribution in [0.2, 0.25) is 0 Å². The Morgan fingerprint density at radius 2 is 2.56 bits per heavy atom. The maximum atomic E-state index is 3.88. The molecule has 0 aromatic carbocycles. The van der Waals surface area contributed by atoms with Crippen molar-refractivity contribution in [2.45, 2.75) is 26.2 Å². The average Bonchev–Trinajstić information content (AvgIpc) is 2.37. The molecule has 0 radical (unpaired) electrons. The van der Waals surface area contributed by atoms with Crippen LogP contribution in [0.25, 0.3) is 0 Å². The first kappa shape index (κ1) is 6.26. The number of nitrogens with one attached hydrogen (secondary N) is 1. The van der Waals surface area contributed by atoms with Crippen LogP contribution in [0.5, 0.6) is 0 Å². The van der Waals surface area contributed by atoms with E-state index in [1.54, 1.807) is 6.33 Å². The summed E-state index contributed by atoms with van der Waals surface area (Å²) in [4.78, 5) is 2.97. The molecule has 0 saturated heterocycles. The number of rotatable bonds is 2. The molecule has 0 amide bonds. The van der Waals surface area contributed by atoms with E-state index in [0.29, 0.717) is 5.92 Å². The summed E-state index contributed by atoms with van der Waals surface area (Å²) in [6.07, 6.45) is 2.72. The molecule has 1 rings (SSSR count). The Morgan fingerprint density at radius 3 is 3.00 bits per heavy atom. The van der Waals surface area contributed by atoms with Crippen molar-refractivity contribution >= 4 is 0 Å². The summed E-state index contributed by atoms with van der Waals surface area (Å²) in [7, 11) is 0. The van der Waals surface area contributed by atoms with Gasteiger partial charge in [-0.15, -0.1) is 10.2 Å². The molecule has 1 atom stereocenters. The van der Waals surface area contributed by atoms with Crippen molar-refractivity contribution in [3.63, 3.8) is 0 Å². The lowest BCUT2D eigenvalue weighted by atomic mass is 10.1. The highest BCUT2D eigenvalue weighted by atomic mass is 15.2. The molecule has 0 spiro atoms. The van der Waals surface area contributed by atoms with Gasteiger partial charge in [-0.25, -0.2) is 0 Å². The molecule has 50 valence electrons. The maximum Gasteiger partial charge on any atom is 0.132 e. The molecule has 0 fully saturated rings. The second-order valence-corrected chi connectivity index (χ2v) is 2.18. The second kappa shape index (κ2) is 2.62. The van der Waals surface area contributed by atoms with E-state index in [9.17, 15) is 0 Å². The molecular weight excluding hydrogens is 114 g/mol. The Bertz CT molecular complexity index is 157. The number of hydrogen-bond donors (Lipinski definition) is 1. The van der Waals surface area contributed by atoms with Gasteiger partial charge in [-0.2, -0.15) is 0 Å². The topological polar surface area (TPSA) is 41.6 Å². The number of aromatic amines is 1. The molecule has 0 saturated carbocycles. The van der Waals surface area contributed by atoms with Crippen molar-refractivity contribution in [2.75, 3.05) is 0 Å². The van der Waals surface area contributed by atoms with E-state index in [1.807, 2.05) is 0 Å². The van der Waals surface area contributed by atoms with E-state index in [4.69, 9.17) is 0 Å². The van der Waals surface area contributed by atoms with E-state index < -0.39 is 0 Å². The quantitative estimate of drug-likeness (QED) is 0.647. The molecule has 0 aliphatic rings. The minimum absolute atomic E-state index is 0.507. The number of hydrogen-bond acceptors (Lipinski definition) is 2. The van der Waals surface area contributed by atoms with Gasteiger partial charge in [-0.3, -0.25) is 0 Å². The predicted molar refractivity (Wildman–Crippen MR) is 35.1 cm³/mol. The van der Waals surface area contributed by atoms with Crippen LogP contribution < -0.4 is 0 Å². The van der Waals surface area contributed by atoms with Crippen LogP contribution in [-0.2, 0) is 0 Å². The minimum Gasteiger partial charge on any atom is -0.331 e. The van der Waals surface area contributed by atoms with E-state index >= 15 is 0 Å². The Kier molecular flexibility index (Phi) is 1.82. The first-order chi connectivity index (χ1) is 4.34. The summed E-state index contributed by atoms with van der Waals surface area (Å²) in [5.41, 5.74) is 0. The van der Waals surface area contributed by atoms with Crippen LogP contribution in [0.3, 0.4) is 0 Å². The highest BCUT2D eigenvalue weighted by molar-refractivity contribution is 4.88. The van der Waals surface area contributed by atoms with Gasteiger partial charge in [0.1, 0.15) is 12.2 Å². The van der Waals surface area contributed by atoms with Gasteiger partial charge in [0.2, 0.25) is 0 Å². The number of nitrogens with zero attached hydrogens (tertiary/aromatic N) is 2. The molecule has 1 aromatic heterocycles. The van der Waals surface area contributed by atoms with Crippen LogP contribution in [0.15, 0.2) is 6.33 Å². The van der Waals surface area contributed by atoms with Crippen LogP contribution >= 0.6 is 0 Å². The van der Waals surface area contributed by atoms with Crippen molar-refractivity contribution in [1.29, 1.82) is 0 Å². The first-order valence-corrected chi connectivity index (χ1v) is 3.20. The lowest BCUT2D eigenvalue weighted by Gasteiger charge is -2.00. The van der Waals surface area contributed by atoms with Gasteiger partial charge in [0.05, 0.1) is 0 Å². The lowest BCUT2D eigenvalue weighted by molar-refractivity contribution is 0.682. The Labute approximate surface area is 54.5 Å². The van der Waals surface area contributed by atoms with Crippen molar-refractivity contribution in [3.8, 4) is 0 Å². The number of aromatic nitrogens is 3. The zero-order valence-electron chi connectivity index (χ0n) is 5.76. The zero-order valence-corrected chi connectivity index (χ0v) is 5.76. The smallest absolute Gasteiger partial charge is 0.132 e. The highest BCUT2D eigenvalue weighted by Gasteiger charge is 2.03. The minimum atomic E-state index is 0.507. The fourth-order valence-corrected chi connectivity index (χ4v) is 0.649. The van der Waals surface area contributed by atoms with Gasteiger partial charge in [0.25, 0.3) is 0 Å². The maximum absolute atomic E-state index is 3.88. The summed E-state index contributed by atoms with van der Waals surface area (Å²) in [5, 5.41) is 7.57. The van der Waals surface area contributed by atoms with E-state index in [0.717, 1.165) is 12.2 Å². The molecule has 0 aliphatic heterocycles. The predicted octanol–water partition coefficient (Wildman–Crippen LogP) is 1.32. The first-order valence-electron chi connectivity index (χ1n) is 3.20. The third-order valence-electron chi connectivity index (χ3n) is 1.51. The van der Waals surface area contributed by atoms with Gasteiger partial charge < -0.3 is 4.98 Å². The molecule has 1 N–H and O–H groups in total. The summed E-state index contributed by atoms with van der Waals surface area (Å²) in [6, 6.07) is 0. The Balaban J connectivity index is 2.65. The van der Waals surface area contributed by atoms with Crippen LogP contribution in [0.1, 0.15) is 32.0 Å². The fraction of sp³-hybridized carbons (Fsp3) is 0.667. The molecule has 1 heterocycles. The Hall–Kier alpha value is -0.860. The normalized spacial score (nSPS) is 13.6. The molecule has 9 heavy (non-hydrogen) atoms. The summed E-state index contributed by atoms with van der Waals surface area (Å²) in [6.45, 7) is 4.26. The van der Waals surface area contributed by atoms with Gasteiger partial charge >= 0.3 is 0 Å². The fourth-order valence-electron chi connectivity index (χ4n) is 0.649. The third-order valence-corrected chi connectivity index (χ3v) is 1.51. The van der Waals surface area contributed by atoms with Crippen molar-refractivity contribution in [1.82, 2.24) is 15.2 Å². The van der Waals surface area contributed by atoms with Crippen molar-refractivity contribution in [2.24, 2.45) is 0 Å². The molecule has 3 heteroatoms. The summed E-state index contributed by atoms with van der Waals surface area (Å²) in [5.74, 6) is 1.49. The molecule has 0 unspecified atom stereocenters. The van der Waals surface area contributed by atoms with Gasteiger partial charge in [-0.1, -0.05) is 13.8 Å². The highest BCUT2D eigenvalue weighted by Crippen LogP contribution is 2.11. The van der Waals surface area contributed by atoms with Gasteiger partial charge in [-0.05, 0) is 6.42 Å². The Morgan fingerprint density at radius 1 is 1.78 bits per heavy atom. The van der Waals surface area contributed by atoms with Gasteiger partial charge in [0.15, 0.2) is 0 Å². The van der Waals surface area contributed by atoms with Crippen molar-refractivity contribution in [3.05, 3.63) is 12.2 Å². The summed E-state index contributed by atoms with van der Waals surface area (Å²) >= 11 is 0. The number of H-pyrrole nitrogens is 1. The summed E-state index contributed by atoms with van der Waals surface area (Å²) < 4.78 is 0. The molecular formula is C6H11N3. The van der Waals surface area contributed by atoms with Gasteiger partial charge in [0, 0.05) is 5.92 Å². The van der Waals surface area contributed by atoms with E-state index in [1.165, 1.54) is 0 Å². The molecule has 1 aromatic rings. The van der Waals surface area contributed by atoms with Crippen LogP contribution in [-0.4, -0.2) is 15.2 Å². The van der Waals surface area contributed by atoms with Crippen molar-refractivity contribution < 1.29 is 0 Å². The zero-order chi connectivity index (χ0) is 6.69. The molecule has 0 aliphatic carbocycles. The SMILES string of the molecule is CC[C@H](C)c1nnc[nH]1. The lowest BCUT2D eigenvalue weighted by Crippen LogP contribution is -1.93. The molecule has 3 nitrogen and oxygen atoms in total. The van der Waals surface area contributed by atoms with E-state index in [2.05, 4.69) is 29.0 Å². The monoisotopic (exact) mass is 125 g/mol. The van der Waals surface area contributed by atoms with Crippen LogP contribution in [0.4, 0.5) is 0 Å². The average molecular weight is 125 g/mol.